The van der Waals surface area contributed by atoms with E-state index in [1.54, 1.807) is 0 Å². The first-order chi connectivity index (χ1) is 20.8. The molecular formula is C25H41N7O12. The van der Waals surface area contributed by atoms with E-state index in [0.717, 1.165) is 6.08 Å². The van der Waals surface area contributed by atoms with Gasteiger partial charge in [-0.3, -0.25) is 29.0 Å². The number of carbonyl (C=O) groups is 7. The van der Waals surface area contributed by atoms with E-state index in [-0.39, 0.29) is 45.0 Å². The maximum atomic E-state index is 12.8. The second kappa shape index (κ2) is 22.8. The molecule has 0 bridgehead atoms. The molecular weight excluding hydrogens is 590 g/mol. The number of hydrogen-bond acceptors (Lipinski definition) is 11. The summed E-state index contributed by atoms with van der Waals surface area (Å²) in [6.45, 7) is 2.25. The average molecular weight is 632 g/mol. The fourth-order valence-electron chi connectivity index (χ4n) is 3.27. The van der Waals surface area contributed by atoms with Gasteiger partial charge in [-0.15, -0.1) is 0 Å². The Bertz CT molecular complexity index is 1030. The minimum atomic E-state index is -1.74. The molecule has 44 heavy (non-hydrogen) atoms. The molecule has 0 aromatic carbocycles. The Morgan fingerprint density at radius 2 is 1.52 bits per heavy atom. The first-order valence-electron chi connectivity index (χ1n) is 13.4. The summed E-state index contributed by atoms with van der Waals surface area (Å²) in [4.78, 5) is 86.9. The molecule has 0 rings (SSSR count). The fourth-order valence-corrected chi connectivity index (χ4v) is 3.27. The Balaban J connectivity index is 4.98. The van der Waals surface area contributed by atoms with Crippen molar-refractivity contribution in [2.24, 2.45) is 16.5 Å². The molecule has 0 aliphatic heterocycles. The molecule has 19 heteroatoms. The van der Waals surface area contributed by atoms with Gasteiger partial charge in [-0.25, -0.2) is 9.59 Å². The molecule has 3 unspecified atom stereocenters. The molecule has 0 aliphatic rings. The van der Waals surface area contributed by atoms with Crippen LogP contribution in [0.15, 0.2) is 17.6 Å². The van der Waals surface area contributed by atoms with Crippen molar-refractivity contribution >= 4 is 47.5 Å². The number of nitrogens with one attached hydrogen (secondary N) is 4. The second-order valence-corrected chi connectivity index (χ2v) is 9.03. The lowest BCUT2D eigenvalue weighted by Gasteiger charge is -2.21. The number of esters is 1. The fraction of sp³-hybridized carbons (Fsp3) is 0.600. The zero-order chi connectivity index (χ0) is 33.5. The van der Waals surface area contributed by atoms with Crippen molar-refractivity contribution in [3.8, 4) is 0 Å². The van der Waals surface area contributed by atoms with E-state index in [2.05, 4.69) is 27.5 Å². The molecule has 0 fully saturated rings. The number of nitrogens with two attached hydrogens (primary N) is 2. The molecule has 11 N–H and O–H groups in total. The van der Waals surface area contributed by atoms with Gasteiger partial charge < -0.3 is 57.5 Å². The van der Waals surface area contributed by atoms with Crippen molar-refractivity contribution in [3.05, 3.63) is 12.7 Å². The van der Waals surface area contributed by atoms with Crippen LogP contribution >= 0.6 is 0 Å². The van der Waals surface area contributed by atoms with Crippen molar-refractivity contribution in [3.63, 3.8) is 0 Å². The van der Waals surface area contributed by atoms with Crippen LogP contribution in [0.4, 0.5) is 0 Å². The molecule has 0 aromatic rings. The van der Waals surface area contributed by atoms with Gasteiger partial charge in [0.25, 0.3) is 0 Å². The van der Waals surface area contributed by atoms with Crippen molar-refractivity contribution in [1.29, 1.82) is 0 Å². The highest BCUT2D eigenvalue weighted by Crippen LogP contribution is 2.03. The van der Waals surface area contributed by atoms with Crippen LogP contribution < -0.4 is 32.7 Å². The Hall–Kier alpha value is -4.78. The highest BCUT2D eigenvalue weighted by molar-refractivity contribution is 5.95. The smallest absolute Gasteiger partial charge is 0.330 e. The number of ether oxygens (including phenoxy) is 2. The van der Waals surface area contributed by atoms with Crippen molar-refractivity contribution < 1.29 is 58.4 Å². The Kier molecular flexibility index (Phi) is 20.3. The largest absolute Gasteiger partial charge is 0.481 e. The van der Waals surface area contributed by atoms with Gasteiger partial charge in [-0.2, -0.15) is 0 Å². The molecule has 0 spiro atoms. The molecule has 248 valence electrons. The first-order valence-corrected chi connectivity index (χ1v) is 13.4. The summed E-state index contributed by atoms with van der Waals surface area (Å²) < 4.78 is 10.1. The SMILES string of the molecule is C=CC(=O)OCCOCCCCC(=O)NC(CCCN=C(N)N)C(=O)NCC(=O)NC(CC(=O)O)C(=O)NC(CO)C(=O)O. The van der Waals surface area contributed by atoms with E-state index in [9.17, 15) is 33.6 Å². The van der Waals surface area contributed by atoms with Crippen LogP contribution in [0.2, 0.25) is 0 Å². The van der Waals surface area contributed by atoms with Crippen LogP contribution in [-0.4, -0.2) is 120 Å². The third-order valence-electron chi connectivity index (χ3n) is 5.43. The summed E-state index contributed by atoms with van der Waals surface area (Å²) in [5.74, 6) is -7.20. The van der Waals surface area contributed by atoms with Crippen LogP contribution in [0.1, 0.15) is 38.5 Å². The van der Waals surface area contributed by atoms with Gasteiger partial charge in [0.2, 0.25) is 23.6 Å². The van der Waals surface area contributed by atoms with E-state index < -0.39 is 79.2 Å². The monoisotopic (exact) mass is 631 g/mol. The molecule has 0 aromatic heterocycles. The number of carboxylic acids is 2. The second-order valence-electron chi connectivity index (χ2n) is 9.03. The molecule has 19 nitrogen and oxygen atoms in total. The van der Waals surface area contributed by atoms with Crippen molar-refractivity contribution in [2.75, 3.05) is 39.5 Å². The summed E-state index contributed by atoms with van der Waals surface area (Å²) >= 11 is 0. The number of aliphatic carboxylic acids is 2. The number of unbranched alkanes of at least 4 members (excludes halogenated alkanes) is 1. The Morgan fingerprint density at radius 1 is 0.841 bits per heavy atom. The number of aliphatic hydroxyl groups is 1. The highest BCUT2D eigenvalue weighted by atomic mass is 16.6. The van der Waals surface area contributed by atoms with E-state index in [1.165, 1.54) is 0 Å². The molecule has 0 saturated carbocycles. The summed E-state index contributed by atoms with van der Waals surface area (Å²) in [5, 5.41) is 35.9. The standard InChI is InChI=1S/C25H41N7O12/c1-2-21(38)44-11-10-43-9-4-3-7-18(34)30-15(6-5-8-28-25(26)27)22(39)29-13-19(35)31-16(12-20(36)37)23(40)32-17(14-33)24(41)42/h2,15-17,33H,1,3-14H2,(H,29,39)(H,30,34)(H,31,35)(H,32,40)(H,36,37)(H,41,42)(H4,26,27,28). The van der Waals surface area contributed by atoms with E-state index in [4.69, 9.17) is 36.3 Å². The maximum absolute atomic E-state index is 12.8. The van der Waals surface area contributed by atoms with E-state index in [0.29, 0.717) is 19.4 Å². The normalized spacial score (nSPS) is 12.4. The summed E-state index contributed by atoms with van der Waals surface area (Å²) in [7, 11) is 0. The third-order valence-corrected chi connectivity index (χ3v) is 5.43. The number of hydrogen-bond donors (Lipinski definition) is 9. The number of nitrogens with zero attached hydrogens (tertiary/aromatic N) is 1. The third kappa shape index (κ3) is 19.4. The van der Waals surface area contributed by atoms with Gasteiger partial charge in [0, 0.05) is 25.6 Å². The minimum absolute atomic E-state index is 0.0458. The van der Waals surface area contributed by atoms with Crippen molar-refractivity contribution in [2.45, 2.75) is 56.7 Å². The highest BCUT2D eigenvalue weighted by Gasteiger charge is 2.28. The number of carbonyl (C=O) groups excluding carboxylic acids is 5. The topological polar surface area (TPSA) is 311 Å². The lowest BCUT2D eigenvalue weighted by Crippen LogP contribution is -2.55. The lowest BCUT2D eigenvalue weighted by atomic mass is 10.1. The zero-order valence-corrected chi connectivity index (χ0v) is 24.1. The van der Waals surface area contributed by atoms with Crippen LogP contribution in [0.25, 0.3) is 0 Å². The summed E-state index contributed by atoms with van der Waals surface area (Å²) in [6, 6.07) is -4.55. The lowest BCUT2D eigenvalue weighted by molar-refractivity contribution is -0.144. The number of amides is 4. The molecule has 0 aliphatic carbocycles. The van der Waals surface area contributed by atoms with Crippen LogP contribution in [-0.2, 0) is 43.0 Å². The molecule has 4 amide bonds. The van der Waals surface area contributed by atoms with E-state index >= 15 is 0 Å². The van der Waals surface area contributed by atoms with Crippen LogP contribution in [0, 0.1) is 0 Å². The number of aliphatic imine (C=N–C) groups is 1. The summed E-state index contributed by atoms with van der Waals surface area (Å²) in [5.41, 5.74) is 10.6. The number of carboxylic acid groups (broad SMARTS) is 2. The number of guanidine groups is 1. The molecule has 0 heterocycles. The Morgan fingerprint density at radius 3 is 2.11 bits per heavy atom. The van der Waals surface area contributed by atoms with Gasteiger partial charge in [0.05, 0.1) is 26.2 Å². The molecule has 0 radical (unpaired) electrons. The first kappa shape index (κ1) is 39.2. The maximum Gasteiger partial charge on any atom is 0.330 e. The van der Waals surface area contributed by atoms with Gasteiger partial charge in [0.15, 0.2) is 5.96 Å². The van der Waals surface area contributed by atoms with Gasteiger partial charge in [-0.1, -0.05) is 6.58 Å². The minimum Gasteiger partial charge on any atom is -0.481 e. The zero-order valence-electron chi connectivity index (χ0n) is 24.1. The van der Waals surface area contributed by atoms with Gasteiger partial charge in [-0.05, 0) is 25.7 Å². The average Bonchev–Trinajstić information content (AvgIpc) is 2.96. The quantitative estimate of drug-likeness (QED) is 0.0162. The predicted octanol–water partition coefficient (Wildman–Crippen LogP) is -3.92. The molecule has 3 atom stereocenters. The summed E-state index contributed by atoms with van der Waals surface area (Å²) in [6.07, 6.45) is 1.44. The van der Waals surface area contributed by atoms with Gasteiger partial charge in [0.1, 0.15) is 24.7 Å². The van der Waals surface area contributed by atoms with Gasteiger partial charge >= 0.3 is 17.9 Å². The predicted molar refractivity (Wildman–Crippen MR) is 152 cm³/mol. The van der Waals surface area contributed by atoms with Crippen molar-refractivity contribution in [1.82, 2.24) is 21.3 Å². The number of aliphatic hydroxyl groups excluding tert-OH is 1. The number of rotatable bonds is 24. The Labute approximate surface area is 252 Å². The van der Waals surface area contributed by atoms with E-state index in [1.807, 2.05) is 5.32 Å². The van der Waals surface area contributed by atoms with Crippen LogP contribution in [0.3, 0.4) is 0 Å². The van der Waals surface area contributed by atoms with Crippen LogP contribution in [0.5, 0.6) is 0 Å². The molecule has 0 saturated heterocycles.